The summed E-state index contributed by atoms with van der Waals surface area (Å²) in [7, 11) is 0. The van der Waals surface area contributed by atoms with Gasteiger partial charge in [-0.1, -0.05) is 18.2 Å². The van der Waals surface area contributed by atoms with Gasteiger partial charge in [-0.3, -0.25) is 4.79 Å². The first kappa shape index (κ1) is 13.1. The Morgan fingerprint density at radius 3 is 3.15 bits per heavy atom. The van der Waals surface area contributed by atoms with Gasteiger partial charge in [0, 0.05) is 17.6 Å². The lowest BCUT2D eigenvalue weighted by atomic mass is 10.2. The zero-order valence-corrected chi connectivity index (χ0v) is 12.2. The minimum atomic E-state index is -0.217. The van der Waals surface area contributed by atoms with Crippen molar-refractivity contribution in [2.24, 2.45) is 0 Å². The molecule has 0 amide bonds. The van der Waals surface area contributed by atoms with Crippen LogP contribution < -0.4 is 4.90 Å². The fraction of sp³-hybridized carbons (Fsp3) is 0.333. The predicted molar refractivity (Wildman–Crippen MR) is 79.6 cm³/mol. The van der Waals surface area contributed by atoms with Gasteiger partial charge >= 0.3 is 5.97 Å². The van der Waals surface area contributed by atoms with Gasteiger partial charge in [-0.2, -0.15) is 0 Å². The van der Waals surface area contributed by atoms with Crippen LogP contribution in [0, 0.1) is 0 Å². The van der Waals surface area contributed by atoms with E-state index in [2.05, 4.69) is 28.1 Å². The van der Waals surface area contributed by atoms with Crippen LogP contribution in [0.15, 0.2) is 29.6 Å². The number of rotatable bonds is 4. The number of anilines is 2. The smallest absolute Gasteiger partial charge is 0.311 e. The number of thiazole rings is 1. The number of hydrogen-bond acceptors (Lipinski definition) is 5. The molecule has 4 nitrogen and oxygen atoms in total. The molecule has 1 aromatic carbocycles. The number of fused-ring (bicyclic) bond motifs is 1. The summed E-state index contributed by atoms with van der Waals surface area (Å²) in [6.07, 6.45) is 1.29. The van der Waals surface area contributed by atoms with Gasteiger partial charge in [-0.25, -0.2) is 4.98 Å². The van der Waals surface area contributed by atoms with Crippen molar-refractivity contribution in [1.82, 2.24) is 4.98 Å². The molecule has 1 aliphatic heterocycles. The summed E-state index contributed by atoms with van der Waals surface area (Å²) in [5.74, 6) is -0.217. The van der Waals surface area contributed by atoms with Crippen LogP contribution in [0.5, 0.6) is 0 Å². The maximum atomic E-state index is 11.5. The number of nitrogens with zero attached hydrogens (tertiary/aromatic N) is 2. The van der Waals surface area contributed by atoms with Gasteiger partial charge < -0.3 is 9.64 Å². The van der Waals surface area contributed by atoms with Gasteiger partial charge in [0.2, 0.25) is 0 Å². The van der Waals surface area contributed by atoms with Crippen LogP contribution in [-0.2, 0) is 22.4 Å². The molecule has 2 heterocycles. The minimum absolute atomic E-state index is 0.217. The van der Waals surface area contributed by atoms with E-state index >= 15 is 0 Å². The first-order chi connectivity index (χ1) is 9.78. The average molecular weight is 288 g/mol. The summed E-state index contributed by atoms with van der Waals surface area (Å²) >= 11 is 1.58. The third-order valence-corrected chi connectivity index (χ3v) is 4.20. The first-order valence-corrected chi connectivity index (χ1v) is 7.61. The molecule has 0 saturated carbocycles. The Balaban J connectivity index is 1.76. The lowest BCUT2D eigenvalue weighted by Crippen LogP contribution is -2.13. The number of para-hydroxylation sites is 1. The van der Waals surface area contributed by atoms with Crippen LogP contribution in [0.4, 0.5) is 10.8 Å². The molecule has 2 aromatic rings. The molecule has 1 aliphatic rings. The lowest BCUT2D eigenvalue weighted by Gasteiger charge is -2.15. The van der Waals surface area contributed by atoms with E-state index in [4.69, 9.17) is 4.74 Å². The zero-order chi connectivity index (χ0) is 13.9. The number of esters is 1. The van der Waals surface area contributed by atoms with E-state index in [-0.39, 0.29) is 12.4 Å². The zero-order valence-electron chi connectivity index (χ0n) is 11.3. The number of carbonyl (C=O) groups is 1. The summed E-state index contributed by atoms with van der Waals surface area (Å²) in [5.41, 5.74) is 3.37. The number of benzene rings is 1. The summed E-state index contributed by atoms with van der Waals surface area (Å²) in [4.78, 5) is 18.2. The van der Waals surface area contributed by atoms with Crippen LogP contribution in [-0.4, -0.2) is 24.1 Å². The van der Waals surface area contributed by atoms with Crippen molar-refractivity contribution in [3.8, 4) is 0 Å². The van der Waals surface area contributed by atoms with Crippen molar-refractivity contribution in [3.63, 3.8) is 0 Å². The minimum Gasteiger partial charge on any atom is -0.466 e. The summed E-state index contributed by atoms with van der Waals surface area (Å²) in [6.45, 7) is 3.17. The Kier molecular flexibility index (Phi) is 3.69. The monoisotopic (exact) mass is 288 g/mol. The van der Waals surface area contributed by atoms with Gasteiger partial charge in [0.05, 0.1) is 18.7 Å². The van der Waals surface area contributed by atoms with Crippen LogP contribution >= 0.6 is 11.3 Å². The van der Waals surface area contributed by atoms with E-state index in [1.54, 1.807) is 11.3 Å². The highest BCUT2D eigenvalue weighted by Gasteiger charge is 2.22. The van der Waals surface area contributed by atoms with Crippen LogP contribution in [0.3, 0.4) is 0 Å². The largest absolute Gasteiger partial charge is 0.466 e. The Morgan fingerprint density at radius 2 is 2.30 bits per heavy atom. The van der Waals surface area contributed by atoms with Crippen molar-refractivity contribution in [1.29, 1.82) is 0 Å². The third-order valence-electron chi connectivity index (χ3n) is 3.29. The fourth-order valence-corrected chi connectivity index (χ4v) is 3.26. The van der Waals surface area contributed by atoms with Gasteiger partial charge in [0.1, 0.15) is 0 Å². The van der Waals surface area contributed by atoms with E-state index in [0.717, 1.165) is 23.8 Å². The number of hydrogen-bond donors (Lipinski definition) is 0. The van der Waals surface area contributed by atoms with Gasteiger partial charge in [0.25, 0.3) is 0 Å². The molecule has 0 radical (unpaired) electrons. The molecule has 0 N–H and O–H groups in total. The van der Waals surface area contributed by atoms with E-state index < -0.39 is 0 Å². The Labute approximate surface area is 122 Å². The maximum absolute atomic E-state index is 11.5. The number of carbonyl (C=O) groups excluding carboxylic acids is 1. The van der Waals surface area contributed by atoms with Crippen LogP contribution in [0.25, 0.3) is 0 Å². The van der Waals surface area contributed by atoms with Crippen LogP contribution in [0.2, 0.25) is 0 Å². The van der Waals surface area contributed by atoms with Crippen molar-refractivity contribution in [2.45, 2.75) is 19.8 Å². The molecule has 0 atom stereocenters. The molecule has 5 heteroatoms. The van der Waals surface area contributed by atoms with E-state index in [1.807, 2.05) is 18.4 Å². The van der Waals surface area contributed by atoms with Crippen molar-refractivity contribution in [2.75, 3.05) is 18.1 Å². The molecule has 0 saturated heterocycles. The normalized spacial score (nSPS) is 13.3. The molecule has 0 bridgehead atoms. The van der Waals surface area contributed by atoms with Crippen molar-refractivity contribution in [3.05, 3.63) is 40.9 Å². The van der Waals surface area contributed by atoms with Gasteiger partial charge in [-0.05, 0) is 25.0 Å². The molecular weight excluding hydrogens is 272 g/mol. The number of aromatic nitrogens is 1. The number of ether oxygens (including phenoxy) is 1. The molecule has 0 spiro atoms. The van der Waals surface area contributed by atoms with E-state index in [1.165, 1.54) is 11.3 Å². The Hall–Kier alpha value is -1.88. The summed E-state index contributed by atoms with van der Waals surface area (Å²) in [6, 6.07) is 8.39. The fourth-order valence-electron chi connectivity index (χ4n) is 2.40. The molecule has 3 rings (SSSR count). The molecular formula is C15H16N2O2S. The van der Waals surface area contributed by atoms with E-state index in [0.29, 0.717) is 6.61 Å². The second kappa shape index (κ2) is 5.63. The molecule has 20 heavy (non-hydrogen) atoms. The molecule has 0 fully saturated rings. The standard InChI is InChI=1S/C15H16N2O2S/c1-2-19-14(18)9-12-10-20-15(16-12)17-8-7-11-5-3-4-6-13(11)17/h3-6,10H,2,7-9H2,1H3. The SMILES string of the molecule is CCOC(=O)Cc1csc(N2CCc3ccccc32)n1. The average Bonchev–Trinajstić information content (AvgIpc) is 3.05. The maximum Gasteiger partial charge on any atom is 0.311 e. The van der Waals surface area contributed by atoms with E-state index in [9.17, 15) is 4.79 Å². The highest BCUT2D eigenvalue weighted by molar-refractivity contribution is 7.13. The second-order valence-electron chi connectivity index (χ2n) is 4.63. The van der Waals surface area contributed by atoms with Gasteiger partial charge in [-0.15, -0.1) is 11.3 Å². The highest BCUT2D eigenvalue weighted by atomic mass is 32.1. The molecule has 1 aromatic heterocycles. The molecule has 0 unspecified atom stereocenters. The van der Waals surface area contributed by atoms with Gasteiger partial charge in [0.15, 0.2) is 5.13 Å². The Morgan fingerprint density at radius 1 is 1.45 bits per heavy atom. The quantitative estimate of drug-likeness (QED) is 0.811. The molecule has 104 valence electrons. The lowest BCUT2D eigenvalue weighted by molar-refractivity contribution is -0.142. The van der Waals surface area contributed by atoms with Crippen molar-refractivity contribution < 1.29 is 9.53 Å². The Bertz CT molecular complexity index is 624. The third kappa shape index (κ3) is 2.54. The first-order valence-electron chi connectivity index (χ1n) is 6.73. The predicted octanol–water partition coefficient (Wildman–Crippen LogP) is 2.94. The van der Waals surface area contributed by atoms with Crippen molar-refractivity contribution >= 4 is 28.1 Å². The topological polar surface area (TPSA) is 42.4 Å². The highest BCUT2D eigenvalue weighted by Crippen LogP contribution is 2.35. The summed E-state index contributed by atoms with van der Waals surface area (Å²) < 4.78 is 4.95. The molecule has 0 aliphatic carbocycles. The second-order valence-corrected chi connectivity index (χ2v) is 5.47. The summed E-state index contributed by atoms with van der Waals surface area (Å²) in [5, 5.41) is 2.89. The van der Waals surface area contributed by atoms with Crippen LogP contribution in [0.1, 0.15) is 18.2 Å².